The smallest absolute Gasteiger partial charge is 0.127 e. The monoisotopic (exact) mass is 242 g/mol. The van der Waals surface area contributed by atoms with E-state index >= 15 is 0 Å². The summed E-state index contributed by atoms with van der Waals surface area (Å²) in [5, 5.41) is 3.28. The molecule has 94 valence electrons. The number of aromatic nitrogens is 1. The third-order valence-electron chi connectivity index (χ3n) is 2.66. The molecular formula is C15H18N2O. The van der Waals surface area contributed by atoms with Crippen molar-refractivity contribution in [2.24, 2.45) is 0 Å². The van der Waals surface area contributed by atoms with Crippen molar-refractivity contribution in [3.05, 3.63) is 59.9 Å². The average molecular weight is 242 g/mol. The normalized spacial score (nSPS) is 10.3. The van der Waals surface area contributed by atoms with E-state index in [2.05, 4.69) is 29.4 Å². The van der Waals surface area contributed by atoms with Crippen molar-refractivity contribution in [3.63, 3.8) is 0 Å². The Morgan fingerprint density at radius 1 is 1.17 bits per heavy atom. The molecule has 0 aliphatic carbocycles. The summed E-state index contributed by atoms with van der Waals surface area (Å²) in [6.07, 6.45) is 3.61. The van der Waals surface area contributed by atoms with Gasteiger partial charge in [0.1, 0.15) is 12.4 Å². The number of nitrogens with zero attached hydrogens (tertiary/aromatic N) is 1. The lowest BCUT2D eigenvalue weighted by molar-refractivity contribution is 0.302. The van der Waals surface area contributed by atoms with Gasteiger partial charge < -0.3 is 10.1 Å². The lowest BCUT2D eigenvalue weighted by Gasteiger charge is -2.11. The maximum absolute atomic E-state index is 5.84. The molecule has 3 heteroatoms. The van der Waals surface area contributed by atoms with E-state index in [9.17, 15) is 0 Å². The Kier molecular flexibility index (Phi) is 4.73. The Labute approximate surface area is 108 Å². The molecule has 18 heavy (non-hydrogen) atoms. The minimum Gasteiger partial charge on any atom is -0.488 e. The van der Waals surface area contributed by atoms with E-state index in [1.54, 1.807) is 6.20 Å². The first-order valence-electron chi connectivity index (χ1n) is 6.20. The first kappa shape index (κ1) is 12.6. The molecule has 0 fully saturated rings. The first-order chi connectivity index (χ1) is 8.90. The minimum absolute atomic E-state index is 0.587. The van der Waals surface area contributed by atoms with Crippen molar-refractivity contribution in [2.75, 3.05) is 6.54 Å². The second kappa shape index (κ2) is 6.77. The van der Waals surface area contributed by atoms with Gasteiger partial charge in [-0.1, -0.05) is 37.3 Å². The Balaban J connectivity index is 2.00. The zero-order chi connectivity index (χ0) is 12.6. The van der Waals surface area contributed by atoms with E-state index in [-0.39, 0.29) is 0 Å². The van der Waals surface area contributed by atoms with E-state index in [1.807, 2.05) is 30.5 Å². The van der Waals surface area contributed by atoms with Crippen LogP contribution in [-0.4, -0.2) is 11.5 Å². The van der Waals surface area contributed by atoms with E-state index in [4.69, 9.17) is 4.74 Å². The molecule has 1 aromatic heterocycles. The van der Waals surface area contributed by atoms with Crippen molar-refractivity contribution in [3.8, 4) is 5.75 Å². The molecule has 2 rings (SSSR count). The van der Waals surface area contributed by atoms with Gasteiger partial charge in [-0.3, -0.25) is 4.98 Å². The van der Waals surface area contributed by atoms with Gasteiger partial charge in [-0.2, -0.15) is 0 Å². The van der Waals surface area contributed by atoms with Gasteiger partial charge in [0.2, 0.25) is 0 Å². The molecule has 2 aromatic rings. The molecule has 0 saturated heterocycles. The van der Waals surface area contributed by atoms with E-state index in [0.717, 1.165) is 24.4 Å². The van der Waals surface area contributed by atoms with E-state index in [1.165, 1.54) is 5.56 Å². The van der Waals surface area contributed by atoms with Crippen molar-refractivity contribution in [1.29, 1.82) is 0 Å². The van der Waals surface area contributed by atoms with Crippen LogP contribution in [0.4, 0.5) is 0 Å². The van der Waals surface area contributed by atoms with Gasteiger partial charge in [0.05, 0.1) is 0 Å². The van der Waals surface area contributed by atoms with Gasteiger partial charge >= 0.3 is 0 Å². The standard InChI is InChI=1S/C15H18N2O/c1-2-16-10-14-11-17-9-8-15(14)18-12-13-6-4-3-5-7-13/h3-9,11,16H,2,10,12H2,1H3. The highest BCUT2D eigenvalue weighted by Gasteiger charge is 2.03. The fraction of sp³-hybridized carbons (Fsp3) is 0.267. The number of hydrogen-bond donors (Lipinski definition) is 1. The Morgan fingerprint density at radius 2 is 2.00 bits per heavy atom. The number of hydrogen-bond acceptors (Lipinski definition) is 3. The highest BCUT2D eigenvalue weighted by molar-refractivity contribution is 5.30. The maximum Gasteiger partial charge on any atom is 0.127 e. The lowest BCUT2D eigenvalue weighted by atomic mass is 10.2. The molecule has 0 aliphatic heterocycles. The van der Waals surface area contributed by atoms with Crippen molar-refractivity contribution in [2.45, 2.75) is 20.1 Å². The number of benzene rings is 1. The number of rotatable bonds is 6. The van der Waals surface area contributed by atoms with Crippen LogP contribution < -0.4 is 10.1 Å². The Morgan fingerprint density at radius 3 is 2.78 bits per heavy atom. The van der Waals surface area contributed by atoms with Gasteiger partial charge in [-0.15, -0.1) is 0 Å². The number of pyridine rings is 1. The van der Waals surface area contributed by atoms with Crippen molar-refractivity contribution in [1.82, 2.24) is 10.3 Å². The molecular weight excluding hydrogens is 224 g/mol. The largest absolute Gasteiger partial charge is 0.488 e. The van der Waals surface area contributed by atoms with E-state index in [0.29, 0.717) is 6.61 Å². The van der Waals surface area contributed by atoms with Crippen LogP contribution in [0.5, 0.6) is 5.75 Å². The topological polar surface area (TPSA) is 34.2 Å². The predicted molar refractivity (Wildman–Crippen MR) is 72.4 cm³/mol. The second-order valence-electron chi connectivity index (χ2n) is 4.04. The lowest BCUT2D eigenvalue weighted by Crippen LogP contribution is -2.13. The Hall–Kier alpha value is -1.87. The third-order valence-corrected chi connectivity index (χ3v) is 2.66. The quantitative estimate of drug-likeness (QED) is 0.845. The van der Waals surface area contributed by atoms with Gasteiger partial charge in [-0.05, 0) is 18.2 Å². The molecule has 0 saturated carbocycles. The van der Waals surface area contributed by atoms with Crippen LogP contribution in [0.2, 0.25) is 0 Å². The van der Waals surface area contributed by atoms with Crippen LogP contribution in [0, 0.1) is 0 Å². The number of nitrogens with one attached hydrogen (secondary N) is 1. The second-order valence-corrected chi connectivity index (χ2v) is 4.04. The molecule has 1 N–H and O–H groups in total. The van der Waals surface area contributed by atoms with Crippen LogP contribution >= 0.6 is 0 Å². The molecule has 1 aromatic carbocycles. The highest BCUT2D eigenvalue weighted by Crippen LogP contribution is 2.17. The maximum atomic E-state index is 5.84. The Bertz CT molecular complexity index is 471. The molecule has 3 nitrogen and oxygen atoms in total. The molecule has 0 spiro atoms. The summed E-state index contributed by atoms with van der Waals surface area (Å²) in [7, 11) is 0. The molecule has 0 amide bonds. The summed E-state index contributed by atoms with van der Waals surface area (Å²) in [4.78, 5) is 4.13. The van der Waals surface area contributed by atoms with Crippen LogP contribution in [0.15, 0.2) is 48.8 Å². The molecule has 1 heterocycles. The molecule has 0 radical (unpaired) electrons. The van der Waals surface area contributed by atoms with Crippen LogP contribution in [0.25, 0.3) is 0 Å². The highest BCUT2D eigenvalue weighted by atomic mass is 16.5. The summed E-state index contributed by atoms with van der Waals surface area (Å²) in [6.45, 7) is 4.40. The van der Waals surface area contributed by atoms with Gasteiger partial charge in [0, 0.05) is 24.5 Å². The average Bonchev–Trinajstić information content (AvgIpc) is 2.45. The minimum atomic E-state index is 0.587. The van der Waals surface area contributed by atoms with Gasteiger partial charge in [-0.25, -0.2) is 0 Å². The SMILES string of the molecule is CCNCc1cnccc1OCc1ccccc1. The summed E-state index contributed by atoms with van der Waals surface area (Å²) in [5.41, 5.74) is 2.26. The molecule has 0 unspecified atom stereocenters. The molecule has 0 bridgehead atoms. The summed E-state index contributed by atoms with van der Waals surface area (Å²) < 4.78 is 5.84. The fourth-order valence-electron chi connectivity index (χ4n) is 1.68. The van der Waals surface area contributed by atoms with Crippen LogP contribution in [-0.2, 0) is 13.2 Å². The zero-order valence-corrected chi connectivity index (χ0v) is 10.6. The third kappa shape index (κ3) is 3.57. The summed E-state index contributed by atoms with van der Waals surface area (Å²) in [5.74, 6) is 0.898. The molecule has 0 aliphatic rings. The summed E-state index contributed by atoms with van der Waals surface area (Å²) in [6, 6.07) is 12.1. The van der Waals surface area contributed by atoms with Crippen LogP contribution in [0.1, 0.15) is 18.1 Å². The van der Waals surface area contributed by atoms with Crippen molar-refractivity contribution >= 4 is 0 Å². The van der Waals surface area contributed by atoms with Gasteiger partial charge in [0.15, 0.2) is 0 Å². The zero-order valence-electron chi connectivity index (χ0n) is 10.6. The summed E-state index contributed by atoms with van der Waals surface area (Å²) >= 11 is 0. The van der Waals surface area contributed by atoms with Crippen molar-refractivity contribution < 1.29 is 4.74 Å². The predicted octanol–water partition coefficient (Wildman–Crippen LogP) is 2.77. The molecule has 0 atom stereocenters. The number of ether oxygens (including phenoxy) is 1. The van der Waals surface area contributed by atoms with E-state index < -0.39 is 0 Å². The first-order valence-corrected chi connectivity index (χ1v) is 6.20. The fourth-order valence-corrected chi connectivity index (χ4v) is 1.68. The van der Waals surface area contributed by atoms with Crippen LogP contribution in [0.3, 0.4) is 0 Å². The van der Waals surface area contributed by atoms with Gasteiger partial charge in [0.25, 0.3) is 0 Å².